The van der Waals surface area contributed by atoms with Crippen molar-refractivity contribution in [3.8, 4) is 0 Å². The number of carboxylic acids is 1. The topological polar surface area (TPSA) is 63.6 Å². The molecule has 0 aromatic heterocycles. The number of rotatable bonds is 15. The largest absolute Gasteiger partial charge is 0.481 e. The van der Waals surface area contributed by atoms with Crippen molar-refractivity contribution in [2.75, 3.05) is 6.61 Å². The van der Waals surface area contributed by atoms with Gasteiger partial charge in [-0.1, -0.05) is 69.8 Å². The second kappa shape index (κ2) is 23.4. The summed E-state index contributed by atoms with van der Waals surface area (Å²) in [6, 6.07) is 0. The first-order valence-electron chi connectivity index (χ1n) is 10.1. The molecular formula is C22H40O4. The second-order valence-electron chi connectivity index (χ2n) is 6.44. The monoisotopic (exact) mass is 368 g/mol. The summed E-state index contributed by atoms with van der Waals surface area (Å²) < 4.78 is 4.91. The minimum atomic E-state index is -0.833. The van der Waals surface area contributed by atoms with Gasteiger partial charge in [0.1, 0.15) is 0 Å². The summed E-state index contributed by atoms with van der Waals surface area (Å²) in [5.41, 5.74) is 0. The van der Waals surface area contributed by atoms with Crippen molar-refractivity contribution in [3.05, 3.63) is 24.3 Å². The second-order valence-corrected chi connectivity index (χ2v) is 6.44. The molecule has 0 spiro atoms. The van der Waals surface area contributed by atoms with Gasteiger partial charge in [0.05, 0.1) is 6.61 Å². The Labute approximate surface area is 160 Å². The minimum absolute atomic E-state index is 0.164. The lowest BCUT2D eigenvalue weighted by Gasteiger charge is -2.02. The molecule has 0 radical (unpaired) electrons. The van der Waals surface area contributed by atoms with Crippen molar-refractivity contribution in [1.82, 2.24) is 0 Å². The zero-order chi connectivity index (χ0) is 19.9. The van der Waals surface area contributed by atoms with Crippen molar-refractivity contribution >= 4 is 11.9 Å². The van der Waals surface area contributed by atoms with E-state index >= 15 is 0 Å². The molecule has 0 fully saturated rings. The van der Waals surface area contributed by atoms with Crippen LogP contribution in [0, 0.1) is 0 Å². The molecular weight excluding hydrogens is 328 g/mol. The van der Waals surface area contributed by atoms with E-state index < -0.39 is 5.97 Å². The number of carbonyl (C=O) groups excluding carboxylic acids is 1. The molecule has 1 N–H and O–H groups in total. The first-order valence-corrected chi connectivity index (χ1v) is 10.1. The molecule has 0 unspecified atom stereocenters. The SMILES string of the molecule is CC(=O)O.CCCCC/C=C\C/C=C\CCCCCCCCOC(C)=O. The average molecular weight is 369 g/mol. The molecule has 0 bridgehead atoms. The quantitative estimate of drug-likeness (QED) is 0.205. The van der Waals surface area contributed by atoms with Gasteiger partial charge in [-0.2, -0.15) is 0 Å². The molecule has 0 aromatic rings. The fourth-order valence-electron chi connectivity index (χ4n) is 2.31. The molecule has 0 saturated carbocycles. The summed E-state index contributed by atoms with van der Waals surface area (Å²) in [6.45, 7) is 5.38. The lowest BCUT2D eigenvalue weighted by molar-refractivity contribution is -0.141. The van der Waals surface area contributed by atoms with Gasteiger partial charge >= 0.3 is 5.97 Å². The van der Waals surface area contributed by atoms with Crippen LogP contribution in [-0.4, -0.2) is 23.7 Å². The lowest BCUT2D eigenvalue weighted by Crippen LogP contribution is -1.99. The van der Waals surface area contributed by atoms with E-state index in [0.29, 0.717) is 6.61 Å². The highest BCUT2D eigenvalue weighted by Crippen LogP contribution is 2.08. The van der Waals surface area contributed by atoms with Crippen LogP contribution >= 0.6 is 0 Å². The fourth-order valence-corrected chi connectivity index (χ4v) is 2.31. The van der Waals surface area contributed by atoms with E-state index in [-0.39, 0.29) is 5.97 Å². The van der Waals surface area contributed by atoms with Crippen molar-refractivity contribution in [2.45, 2.75) is 97.8 Å². The van der Waals surface area contributed by atoms with Crippen molar-refractivity contribution < 1.29 is 19.4 Å². The third-order valence-electron chi connectivity index (χ3n) is 3.65. The lowest BCUT2D eigenvalue weighted by atomic mass is 10.1. The highest BCUT2D eigenvalue weighted by Gasteiger charge is 1.93. The maximum absolute atomic E-state index is 10.6. The molecule has 4 heteroatoms. The molecule has 0 aromatic carbocycles. The number of allylic oxidation sites excluding steroid dienone is 4. The number of unbranched alkanes of at least 4 members (excludes halogenated alkanes) is 9. The molecule has 0 aliphatic carbocycles. The van der Waals surface area contributed by atoms with Gasteiger partial charge in [-0.15, -0.1) is 0 Å². The number of hydrogen-bond donors (Lipinski definition) is 1. The van der Waals surface area contributed by atoms with Gasteiger partial charge in [-0.05, 0) is 38.5 Å². The summed E-state index contributed by atoms with van der Waals surface area (Å²) in [7, 11) is 0. The van der Waals surface area contributed by atoms with Gasteiger partial charge in [-0.25, -0.2) is 0 Å². The summed E-state index contributed by atoms with van der Waals surface area (Å²) in [4.78, 5) is 19.6. The van der Waals surface area contributed by atoms with Crippen molar-refractivity contribution in [3.63, 3.8) is 0 Å². The summed E-state index contributed by atoms with van der Waals surface area (Å²) in [5.74, 6) is -0.998. The molecule has 0 saturated heterocycles. The molecule has 0 aliphatic rings. The third-order valence-corrected chi connectivity index (χ3v) is 3.65. The Balaban J connectivity index is 0. The smallest absolute Gasteiger partial charge is 0.302 e. The van der Waals surface area contributed by atoms with Crippen LogP contribution in [0.4, 0.5) is 0 Å². The molecule has 26 heavy (non-hydrogen) atoms. The molecule has 4 nitrogen and oxygen atoms in total. The number of hydrogen-bond acceptors (Lipinski definition) is 3. The Morgan fingerprint density at radius 1 is 0.769 bits per heavy atom. The van der Waals surface area contributed by atoms with E-state index in [1.165, 1.54) is 71.1 Å². The summed E-state index contributed by atoms with van der Waals surface area (Å²) >= 11 is 0. The molecule has 0 amide bonds. The maximum atomic E-state index is 10.6. The van der Waals surface area contributed by atoms with Crippen LogP contribution in [0.2, 0.25) is 0 Å². The van der Waals surface area contributed by atoms with Crippen LogP contribution in [0.15, 0.2) is 24.3 Å². The molecule has 0 aliphatic heterocycles. The van der Waals surface area contributed by atoms with Crippen LogP contribution in [-0.2, 0) is 14.3 Å². The normalized spacial score (nSPS) is 10.7. The number of carbonyl (C=O) groups is 2. The van der Waals surface area contributed by atoms with E-state index in [4.69, 9.17) is 14.6 Å². The van der Waals surface area contributed by atoms with Crippen LogP contribution < -0.4 is 0 Å². The van der Waals surface area contributed by atoms with E-state index in [2.05, 4.69) is 31.2 Å². The summed E-state index contributed by atoms with van der Waals surface area (Å²) in [6.07, 6.45) is 24.1. The van der Waals surface area contributed by atoms with Crippen LogP contribution in [0.1, 0.15) is 97.8 Å². The predicted molar refractivity (Wildman–Crippen MR) is 109 cm³/mol. The average Bonchev–Trinajstić information content (AvgIpc) is 2.57. The summed E-state index contributed by atoms with van der Waals surface area (Å²) in [5, 5.41) is 7.42. The fraction of sp³-hybridized carbons (Fsp3) is 0.727. The Kier molecular flexibility index (Phi) is 24.0. The standard InChI is InChI=1S/C20H36O2.C2H4O2/c1-3-4-5-6-7-8-9-10-11-12-13-14-15-16-17-18-19-22-20(2)21;1-2(3)4/h7-8,10-11H,3-6,9,12-19H2,1-2H3;1H3,(H,3,4)/b8-7-,11-10-;. The first-order chi connectivity index (χ1) is 12.5. The van der Waals surface area contributed by atoms with Gasteiger partial charge < -0.3 is 9.84 Å². The Bertz CT molecular complexity index is 368. The number of ether oxygens (including phenoxy) is 1. The van der Waals surface area contributed by atoms with Crippen LogP contribution in [0.25, 0.3) is 0 Å². The Morgan fingerprint density at radius 3 is 1.73 bits per heavy atom. The van der Waals surface area contributed by atoms with Crippen LogP contribution in [0.5, 0.6) is 0 Å². The van der Waals surface area contributed by atoms with Gasteiger partial charge in [0.25, 0.3) is 5.97 Å². The maximum Gasteiger partial charge on any atom is 0.302 e. The van der Waals surface area contributed by atoms with Gasteiger partial charge in [-0.3, -0.25) is 9.59 Å². The highest BCUT2D eigenvalue weighted by molar-refractivity contribution is 5.65. The van der Waals surface area contributed by atoms with Gasteiger partial charge in [0.2, 0.25) is 0 Å². The number of carboxylic acid groups (broad SMARTS) is 1. The zero-order valence-corrected chi connectivity index (χ0v) is 17.2. The first kappa shape index (κ1) is 26.6. The van der Waals surface area contributed by atoms with Gasteiger partial charge in [0, 0.05) is 13.8 Å². The molecule has 152 valence electrons. The number of aliphatic carboxylic acids is 1. The molecule has 0 heterocycles. The number of esters is 1. The zero-order valence-electron chi connectivity index (χ0n) is 17.2. The van der Waals surface area contributed by atoms with E-state index in [1.807, 2.05) is 0 Å². The van der Waals surface area contributed by atoms with Crippen LogP contribution in [0.3, 0.4) is 0 Å². The van der Waals surface area contributed by atoms with E-state index in [1.54, 1.807) is 0 Å². The predicted octanol–water partition coefficient (Wildman–Crippen LogP) is 6.45. The van der Waals surface area contributed by atoms with E-state index in [0.717, 1.165) is 19.8 Å². The molecule has 0 atom stereocenters. The molecule has 0 rings (SSSR count). The highest BCUT2D eigenvalue weighted by atomic mass is 16.5. The van der Waals surface area contributed by atoms with Crippen molar-refractivity contribution in [2.24, 2.45) is 0 Å². The van der Waals surface area contributed by atoms with Gasteiger partial charge in [0.15, 0.2) is 0 Å². The Hall–Kier alpha value is -1.58. The Morgan fingerprint density at radius 2 is 1.23 bits per heavy atom. The van der Waals surface area contributed by atoms with Crippen molar-refractivity contribution in [1.29, 1.82) is 0 Å². The van der Waals surface area contributed by atoms with E-state index in [9.17, 15) is 4.79 Å². The third kappa shape index (κ3) is 33.9. The minimum Gasteiger partial charge on any atom is -0.481 e.